The zero-order valence-electron chi connectivity index (χ0n) is 10.6. The minimum absolute atomic E-state index is 0.0394. The van der Waals surface area contributed by atoms with Crippen LogP contribution in [0.25, 0.3) is 0 Å². The van der Waals surface area contributed by atoms with Gasteiger partial charge >= 0.3 is 0 Å². The van der Waals surface area contributed by atoms with Gasteiger partial charge in [-0.3, -0.25) is 4.79 Å². The zero-order chi connectivity index (χ0) is 13.0. The summed E-state index contributed by atoms with van der Waals surface area (Å²) < 4.78 is 0. The molecule has 0 spiro atoms. The van der Waals surface area contributed by atoms with Crippen molar-refractivity contribution in [2.24, 2.45) is 0 Å². The quantitative estimate of drug-likeness (QED) is 0.896. The zero-order valence-corrected chi connectivity index (χ0v) is 10.6. The lowest BCUT2D eigenvalue weighted by Gasteiger charge is -2.07. The van der Waals surface area contributed by atoms with Crippen molar-refractivity contribution < 1.29 is 4.79 Å². The molecule has 92 valence electrons. The van der Waals surface area contributed by atoms with Crippen LogP contribution in [-0.2, 0) is 11.2 Å². The van der Waals surface area contributed by atoms with E-state index in [0.717, 1.165) is 16.7 Å². The molecule has 2 aromatic rings. The molecular formula is C15H16N2O. The summed E-state index contributed by atoms with van der Waals surface area (Å²) in [4.78, 5) is 16.0. The molecule has 1 aromatic carbocycles. The van der Waals surface area contributed by atoms with E-state index < -0.39 is 0 Å². The van der Waals surface area contributed by atoms with Gasteiger partial charge < -0.3 is 5.32 Å². The summed E-state index contributed by atoms with van der Waals surface area (Å²) >= 11 is 0. The first-order chi connectivity index (χ1) is 8.65. The third-order valence-corrected chi connectivity index (χ3v) is 2.80. The highest BCUT2D eigenvalue weighted by molar-refractivity contribution is 5.91. The fourth-order valence-electron chi connectivity index (χ4n) is 1.77. The lowest BCUT2D eigenvalue weighted by Crippen LogP contribution is -2.15. The molecule has 1 aromatic heterocycles. The van der Waals surface area contributed by atoms with Gasteiger partial charge in [0.05, 0.1) is 6.42 Å². The van der Waals surface area contributed by atoms with Crippen molar-refractivity contribution in [2.75, 3.05) is 5.32 Å². The summed E-state index contributed by atoms with van der Waals surface area (Å²) in [5.41, 5.74) is 3.25. The molecule has 0 radical (unpaired) electrons. The van der Waals surface area contributed by atoms with Crippen LogP contribution in [0.1, 0.15) is 16.7 Å². The average Bonchev–Trinajstić information content (AvgIpc) is 2.32. The second-order valence-electron chi connectivity index (χ2n) is 4.37. The Morgan fingerprint density at radius 1 is 1.22 bits per heavy atom. The Morgan fingerprint density at radius 2 is 2.00 bits per heavy atom. The van der Waals surface area contributed by atoms with Gasteiger partial charge in [0.2, 0.25) is 5.91 Å². The third kappa shape index (κ3) is 3.17. The molecular weight excluding hydrogens is 224 g/mol. The number of nitrogens with zero attached hydrogens (tertiary/aromatic N) is 1. The van der Waals surface area contributed by atoms with Crippen molar-refractivity contribution >= 4 is 11.7 Å². The Kier molecular flexibility index (Phi) is 3.72. The van der Waals surface area contributed by atoms with E-state index >= 15 is 0 Å². The molecule has 0 aliphatic rings. The van der Waals surface area contributed by atoms with Crippen LogP contribution in [0.2, 0.25) is 0 Å². The lowest BCUT2D eigenvalue weighted by atomic mass is 10.1. The maximum absolute atomic E-state index is 11.9. The van der Waals surface area contributed by atoms with Gasteiger partial charge in [0.1, 0.15) is 5.82 Å². The molecule has 0 aliphatic carbocycles. The van der Waals surface area contributed by atoms with Crippen LogP contribution in [-0.4, -0.2) is 10.9 Å². The van der Waals surface area contributed by atoms with Crippen LogP contribution < -0.4 is 5.32 Å². The number of aromatic nitrogens is 1. The van der Waals surface area contributed by atoms with Gasteiger partial charge in [-0.25, -0.2) is 4.98 Å². The molecule has 1 heterocycles. The predicted molar refractivity (Wildman–Crippen MR) is 72.5 cm³/mol. The highest BCUT2D eigenvalue weighted by atomic mass is 16.1. The predicted octanol–water partition coefficient (Wildman–Crippen LogP) is 2.88. The van der Waals surface area contributed by atoms with Crippen molar-refractivity contribution in [3.05, 3.63) is 59.3 Å². The van der Waals surface area contributed by atoms with E-state index in [1.165, 1.54) is 0 Å². The number of hydrogen-bond donors (Lipinski definition) is 1. The van der Waals surface area contributed by atoms with E-state index in [9.17, 15) is 4.79 Å². The largest absolute Gasteiger partial charge is 0.310 e. The first kappa shape index (κ1) is 12.3. The molecule has 1 N–H and O–H groups in total. The average molecular weight is 240 g/mol. The lowest BCUT2D eigenvalue weighted by molar-refractivity contribution is -0.115. The first-order valence-corrected chi connectivity index (χ1v) is 5.92. The molecule has 3 heteroatoms. The molecule has 0 saturated heterocycles. The monoisotopic (exact) mass is 240 g/mol. The highest BCUT2D eigenvalue weighted by Gasteiger charge is 2.06. The topological polar surface area (TPSA) is 42.0 Å². The standard InChI is InChI=1S/C15H16N2O/c1-11-7-8-16-14(9-11)17-15(18)10-13-6-4-3-5-12(13)2/h3-9H,10H2,1-2H3,(H,16,17,18). The summed E-state index contributed by atoms with van der Waals surface area (Å²) in [5.74, 6) is 0.566. The van der Waals surface area contributed by atoms with E-state index in [4.69, 9.17) is 0 Å². The maximum atomic E-state index is 11.9. The van der Waals surface area contributed by atoms with Crippen LogP contribution in [0.15, 0.2) is 42.6 Å². The second-order valence-corrected chi connectivity index (χ2v) is 4.37. The summed E-state index contributed by atoms with van der Waals surface area (Å²) in [7, 11) is 0. The number of carbonyl (C=O) groups excluding carboxylic acids is 1. The first-order valence-electron chi connectivity index (χ1n) is 5.92. The van der Waals surface area contributed by atoms with Crippen LogP contribution in [0.3, 0.4) is 0 Å². The van der Waals surface area contributed by atoms with Gasteiger partial charge in [0.15, 0.2) is 0 Å². The molecule has 0 saturated carbocycles. The smallest absolute Gasteiger partial charge is 0.229 e. The summed E-state index contributed by atoms with van der Waals surface area (Å²) in [5, 5.41) is 2.81. The van der Waals surface area contributed by atoms with E-state index in [1.807, 2.05) is 50.2 Å². The number of amides is 1. The third-order valence-electron chi connectivity index (χ3n) is 2.80. The molecule has 0 bridgehead atoms. The van der Waals surface area contributed by atoms with Gasteiger partial charge in [-0.05, 0) is 42.7 Å². The van der Waals surface area contributed by atoms with Crippen molar-refractivity contribution in [2.45, 2.75) is 20.3 Å². The second kappa shape index (κ2) is 5.45. The van der Waals surface area contributed by atoms with E-state index in [0.29, 0.717) is 12.2 Å². The van der Waals surface area contributed by atoms with Crippen LogP contribution in [0.4, 0.5) is 5.82 Å². The Labute approximate surface area is 107 Å². The van der Waals surface area contributed by atoms with Crippen LogP contribution in [0, 0.1) is 13.8 Å². The fraction of sp³-hybridized carbons (Fsp3) is 0.200. The summed E-state index contributed by atoms with van der Waals surface area (Å²) in [6.45, 7) is 3.98. The summed E-state index contributed by atoms with van der Waals surface area (Å²) in [6, 6.07) is 11.7. The minimum Gasteiger partial charge on any atom is -0.310 e. The van der Waals surface area contributed by atoms with Crippen LogP contribution in [0.5, 0.6) is 0 Å². The SMILES string of the molecule is Cc1ccnc(NC(=O)Cc2ccccc2C)c1. The number of carbonyl (C=O) groups is 1. The Bertz CT molecular complexity index is 564. The molecule has 18 heavy (non-hydrogen) atoms. The number of anilines is 1. The van der Waals surface area contributed by atoms with Gasteiger partial charge in [0.25, 0.3) is 0 Å². The normalized spacial score (nSPS) is 10.1. The number of nitrogens with one attached hydrogen (secondary N) is 1. The minimum atomic E-state index is -0.0394. The van der Waals surface area contributed by atoms with Crippen molar-refractivity contribution in [3.63, 3.8) is 0 Å². The molecule has 2 rings (SSSR count). The highest BCUT2D eigenvalue weighted by Crippen LogP contribution is 2.10. The van der Waals surface area contributed by atoms with E-state index in [1.54, 1.807) is 6.20 Å². The molecule has 1 amide bonds. The van der Waals surface area contributed by atoms with Crippen molar-refractivity contribution in [1.29, 1.82) is 0 Å². The Hall–Kier alpha value is -2.16. The van der Waals surface area contributed by atoms with Gasteiger partial charge in [-0.15, -0.1) is 0 Å². The van der Waals surface area contributed by atoms with Crippen molar-refractivity contribution in [1.82, 2.24) is 4.98 Å². The number of pyridine rings is 1. The Morgan fingerprint density at radius 3 is 2.72 bits per heavy atom. The number of aryl methyl sites for hydroxylation is 2. The van der Waals surface area contributed by atoms with Crippen LogP contribution >= 0.6 is 0 Å². The van der Waals surface area contributed by atoms with E-state index in [2.05, 4.69) is 10.3 Å². The van der Waals surface area contributed by atoms with Gasteiger partial charge in [-0.1, -0.05) is 24.3 Å². The van der Waals surface area contributed by atoms with E-state index in [-0.39, 0.29) is 5.91 Å². The molecule has 0 unspecified atom stereocenters. The van der Waals surface area contributed by atoms with Gasteiger partial charge in [0, 0.05) is 6.20 Å². The number of benzene rings is 1. The fourth-order valence-corrected chi connectivity index (χ4v) is 1.77. The molecule has 0 aliphatic heterocycles. The maximum Gasteiger partial charge on any atom is 0.229 e. The molecule has 0 atom stereocenters. The summed E-state index contributed by atoms with van der Waals surface area (Å²) in [6.07, 6.45) is 2.07. The van der Waals surface area contributed by atoms with Crippen molar-refractivity contribution in [3.8, 4) is 0 Å². The molecule has 3 nitrogen and oxygen atoms in total. The van der Waals surface area contributed by atoms with Gasteiger partial charge in [-0.2, -0.15) is 0 Å². The Balaban J connectivity index is 2.03. The molecule has 0 fully saturated rings. The number of hydrogen-bond acceptors (Lipinski definition) is 2. The number of rotatable bonds is 3.